The number of fused-ring (bicyclic) bond motifs is 1. The number of hydrogen-bond donors (Lipinski definition) is 1. The molecule has 2 aliphatic rings. The van der Waals surface area contributed by atoms with Crippen LogP contribution in [0.25, 0.3) is 22.2 Å². The number of likely N-dealkylation sites (tertiary alicyclic amines) is 1. The molecule has 0 aliphatic carbocycles. The van der Waals surface area contributed by atoms with Crippen molar-refractivity contribution >= 4 is 28.6 Å². The van der Waals surface area contributed by atoms with E-state index in [9.17, 15) is 14.7 Å². The van der Waals surface area contributed by atoms with E-state index in [2.05, 4.69) is 10.1 Å². The van der Waals surface area contributed by atoms with Crippen LogP contribution in [0.4, 0.5) is 14.9 Å². The van der Waals surface area contributed by atoms with Gasteiger partial charge < -0.3 is 29.3 Å². The number of piperazine rings is 1. The first kappa shape index (κ1) is 33.0. The summed E-state index contributed by atoms with van der Waals surface area (Å²) in [4.78, 5) is 35.8. The average molecular weight is 659 g/mol. The molecule has 2 fully saturated rings. The molecule has 4 heterocycles. The topological polar surface area (TPSA) is 113 Å². The largest absolute Gasteiger partial charge is 0.493 e. The highest BCUT2D eigenvalue weighted by atomic mass is 19.1. The number of aromatic nitrogens is 3. The van der Waals surface area contributed by atoms with Crippen molar-refractivity contribution in [3.8, 4) is 23.0 Å². The number of rotatable bonds is 6. The minimum atomic E-state index is -0.568. The van der Waals surface area contributed by atoms with E-state index in [1.807, 2.05) is 67.8 Å². The van der Waals surface area contributed by atoms with Gasteiger partial charge in [-0.3, -0.25) is 9.48 Å². The molecular weight excluding hydrogens is 615 g/mol. The van der Waals surface area contributed by atoms with Crippen LogP contribution in [-0.4, -0.2) is 86.5 Å². The molecule has 2 aromatic heterocycles. The van der Waals surface area contributed by atoms with Crippen LogP contribution in [0.3, 0.4) is 0 Å². The van der Waals surface area contributed by atoms with E-state index in [-0.39, 0.29) is 35.6 Å². The van der Waals surface area contributed by atoms with Crippen molar-refractivity contribution in [2.75, 3.05) is 44.2 Å². The Kier molecular flexibility index (Phi) is 9.18. The SMILES string of the molecule is C[C@@H]1CN(C(=O)OC(C)(C)C)CC[C@@H]1C(=O)N1CCN(c2cc3c(cc2F)c(-c2ccc(OCc4ccccc4)nc2O)nn3C)CC1. The Labute approximate surface area is 279 Å². The number of nitrogens with zero attached hydrogens (tertiary/aromatic N) is 6. The van der Waals surface area contributed by atoms with Gasteiger partial charge in [-0.25, -0.2) is 9.18 Å². The molecule has 0 spiro atoms. The lowest BCUT2D eigenvalue weighted by Crippen LogP contribution is -2.54. The van der Waals surface area contributed by atoms with Crippen LogP contribution in [-0.2, 0) is 23.2 Å². The van der Waals surface area contributed by atoms with E-state index in [1.165, 1.54) is 6.07 Å². The number of ether oxygens (including phenoxy) is 2. The summed E-state index contributed by atoms with van der Waals surface area (Å²) in [5, 5.41) is 16.0. The normalized spacial score (nSPS) is 18.7. The predicted molar refractivity (Wildman–Crippen MR) is 180 cm³/mol. The number of amides is 2. The molecule has 2 aliphatic heterocycles. The second kappa shape index (κ2) is 13.3. The summed E-state index contributed by atoms with van der Waals surface area (Å²) < 4.78 is 28.7. The quantitative estimate of drug-likeness (QED) is 0.285. The van der Waals surface area contributed by atoms with Crippen molar-refractivity contribution in [3.63, 3.8) is 0 Å². The van der Waals surface area contributed by atoms with Crippen molar-refractivity contribution in [2.45, 2.75) is 46.3 Å². The molecule has 1 N–H and O–H groups in total. The van der Waals surface area contributed by atoms with E-state index in [0.29, 0.717) is 80.1 Å². The van der Waals surface area contributed by atoms with Gasteiger partial charge in [0.2, 0.25) is 17.7 Å². The van der Waals surface area contributed by atoms with E-state index >= 15 is 4.39 Å². The molecule has 2 amide bonds. The summed E-state index contributed by atoms with van der Waals surface area (Å²) in [6.45, 7) is 10.7. The number of carbonyl (C=O) groups excluding carboxylic acids is 2. The Balaban J connectivity index is 1.10. The van der Waals surface area contributed by atoms with Crippen LogP contribution < -0.4 is 9.64 Å². The number of hydrogen-bond acceptors (Lipinski definition) is 8. The summed E-state index contributed by atoms with van der Waals surface area (Å²) in [5.41, 5.74) is 2.34. The lowest BCUT2D eigenvalue weighted by Gasteiger charge is -2.41. The van der Waals surface area contributed by atoms with Crippen LogP contribution in [0.15, 0.2) is 54.6 Å². The first-order valence-electron chi connectivity index (χ1n) is 16.4. The number of halogens is 1. The predicted octanol–water partition coefficient (Wildman–Crippen LogP) is 5.60. The Hall–Kier alpha value is -4.87. The second-order valence-corrected chi connectivity index (χ2v) is 13.7. The first-order chi connectivity index (χ1) is 22.9. The lowest BCUT2D eigenvalue weighted by atomic mass is 9.85. The number of aryl methyl sites for hydroxylation is 1. The number of carbonyl (C=O) groups is 2. The highest BCUT2D eigenvalue weighted by Crippen LogP contribution is 2.37. The summed E-state index contributed by atoms with van der Waals surface area (Å²) >= 11 is 0. The van der Waals surface area contributed by atoms with Crippen molar-refractivity contribution < 1.29 is 28.6 Å². The zero-order chi connectivity index (χ0) is 34.2. The van der Waals surface area contributed by atoms with Crippen molar-refractivity contribution in [1.82, 2.24) is 24.6 Å². The molecular formula is C36H43FN6O5. The Bertz CT molecular complexity index is 1800. The highest BCUT2D eigenvalue weighted by Gasteiger charge is 2.37. The minimum absolute atomic E-state index is 0.00309. The van der Waals surface area contributed by atoms with Crippen molar-refractivity contribution in [2.24, 2.45) is 18.9 Å². The summed E-state index contributed by atoms with van der Waals surface area (Å²) in [7, 11) is 1.78. The maximum absolute atomic E-state index is 15.7. The van der Waals surface area contributed by atoms with Crippen LogP contribution >= 0.6 is 0 Å². The summed E-state index contributed by atoms with van der Waals surface area (Å²) in [5.74, 6) is -0.476. The van der Waals surface area contributed by atoms with E-state index < -0.39 is 11.4 Å². The van der Waals surface area contributed by atoms with E-state index in [0.717, 1.165) is 5.56 Å². The monoisotopic (exact) mass is 658 g/mol. The second-order valence-electron chi connectivity index (χ2n) is 13.7. The maximum Gasteiger partial charge on any atom is 0.410 e. The standard InChI is InChI=1S/C36H43FN6O5/c1-23-21-43(35(46)48-36(2,3)4)14-13-25(23)34(45)42-17-15-41(16-18-42)30-20-29-27(19-28(30)37)32(39-40(29)5)26-11-12-31(38-33(26)44)47-22-24-9-7-6-8-10-24/h6-12,19-20,23,25H,13-18,21-22H2,1-5H3,(H,38,44)/t23-,25+/m1/s1. The van der Waals surface area contributed by atoms with Gasteiger partial charge in [-0.2, -0.15) is 10.1 Å². The van der Waals surface area contributed by atoms with Gasteiger partial charge in [0.1, 0.15) is 23.7 Å². The van der Waals surface area contributed by atoms with Crippen LogP contribution in [0.2, 0.25) is 0 Å². The van der Waals surface area contributed by atoms with Gasteiger partial charge in [0.05, 0.1) is 16.8 Å². The third-order valence-electron chi connectivity index (χ3n) is 9.06. The zero-order valence-electron chi connectivity index (χ0n) is 28.1. The molecule has 0 unspecified atom stereocenters. The van der Waals surface area contributed by atoms with Gasteiger partial charge in [-0.05, 0) is 56.9 Å². The molecule has 0 saturated carbocycles. The summed E-state index contributed by atoms with van der Waals surface area (Å²) in [6.07, 6.45) is 0.242. The maximum atomic E-state index is 15.7. The van der Waals surface area contributed by atoms with Gasteiger partial charge in [-0.15, -0.1) is 0 Å². The van der Waals surface area contributed by atoms with Crippen LogP contribution in [0.1, 0.15) is 39.7 Å². The molecule has 4 aromatic rings. The minimum Gasteiger partial charge on any atom is -0.493 e. The molecule has 0 bridgehead atoms. The van der Waals surface area contributed by atoms with Crippen LogP contribution in [0.5, 0.6) is 11.8 Å². The fourth-order valence-corrected chi connectivity index (χ4v) is 6.54. The number of aromatic hydroxyl groups is 1. The fraction of sp³-hybridized carbons (Fsp3) is 0.444. The van der Waals surface area contributed by atoms with Gasteiger partial charge >= 0.3 is 6.09 Å². The molecule has 2 atom stereocenters. The number of benzene rings is 2. The molecule has 254 valence electrons. The first-order valence-corrected chi connectivity index (χ1v) is 16.4. The lowest BCUT2D eigenvalue weighted by molar-refractivity contribution is -0.139. The molecule has 12 heteroatoms. The molecule has 6 rings (SSSR count). The smallest absolute Gasteiger partial charge is 0.410 e. The third kappa shape index (κ3) is 7.02. The van der Waals surface area contributed by atoms with Crippen LogP contribution in [0, 0.1) is 17.7 Å². The highest BCUT2D eigenvalue weighted by molar-refractivity contribution is 5.96. The summed E-state index contributed by atoms with van der Waals surface area (Å²) in [6, 6.07) is 16.2. The zero-order valence-corrected chi connectivity index (χ0v) is 28.1. The Morgan fingerprint density at radius 3 is 2.40 bits per heavy atom. The van der Waals surface area contributed by atoms with Crippen molar-refractivity contribution in [3.05, 3.63) is 66.0 Å². The van der Waals surface area contributed by atoms with Gasteiger partial charge in [0.25, 0.3) is 0 Å². The van der Waals surface area contributed by atoms with E-state index in [1.54, 1.807) is 34.8 Å². The molecule has 2 saturated heterocycles. The van der Waals surface area contributed by atoms with Gasteiger partial charge in [0, 0.05) is 63.7 Å². The molecule has 0 radical (unpaired) electrons. The number of anilines is 1. The average Bonchev–Trinajstić information content (AvgIpc) is 3.37. The number of pyridine rings is 1. The molecule has 2 aromatic carbocycles. The fourth-order valence-electron chi connectivity index (χ4n) is 6.54. The van der Waals surface area contributed by atoms with Gasteiger partial charge in [0.15, 0.2) is 0 Å². The van der Waals surface area contributed by atoms with Crippen molar-refractivity contribution in [1.29, 1.82) is 0 Å². The molecule has 11 nitrogen and oxygen atoms in total. The van der Waals surface area contributed by atoms with Gasteiger partial charge in [-0.1, -0.05) is 37.3 Å². The van der Waals surface area contributed by atoms with E-state index in [4.69, 9.17) is 9.47 Å². The molecule has 48 heavy (non-hydrogen) atoms. The Morgan fingerprint density at radius 1 is 1.00 bits per heavy atom. The Morgan fingerprint density at radius 2 is 1.73 bits per heavy atom. The number of piperidine rings is 1. The third-order valence-corrected chi connectivity index (χ3v) is 9.06.